The van der Waals surface area contributed by atoms with E-state index in [1.54, 1.807) is 6.07 Å². The highest BCUT2D eigenvalue weighted by Crippen LogP contribution is 2.34. The van der Waals surface area contributed by atoms with Crippen LogP contribution in [0.3, 0.4) is 0 Å². The Labute approximate surface area is 164 Å². The van der Waals surface area contributed by atoms with Gasteiger partial charge in [0.05, 0.1) is 5.69 Å². The number of anilines is 1. The lowest BCUT2D eigenvalue weighted by Gasteiger charge is -2.20. The van der Waals surface area contributed by atoms with E-state index in [9.17, 15) is 0 Å². The van der Waals surface area contributed by atoms with Crippen LogP contribution in [-0.4, -0.2) is 23.5 Å². The van der Waals surface area contributed by atoms with Crippen LogP contribution in [0.25, 0.3) is 11.3 Å². The molecular formula is C22H22ClN3O. The van der Waals surface area contributed by atoms with Crippen molar-refractivity contribution in [1.29, 1.82) is 0 Å². The van der Waals surface area contributed by atoms with Gasteiger partial charge in [-0.1, -0.05) is 35.9 Å². The average Bonchev–Trinajstić information content (AvgIpc) is 2.80. The summed E-state index contributed by atoms with van der Waals surface area (Å²) < 4.78 is 6.31. The normalized spacial score (nSPS) is 17.2. The highest BCUT2D eigenvalue weighted by molar-refractivity contribution is 6.30. The van der Waals surface area contributed by atoms with Crippen molar-refractivity contribution in [3.05, 3.63) is 76.8 Å². The molecule has 0 amide bonds. The second-order valence-electron chi connectivity index (χ2n) is 6.95. The van der Waals surface area contributed by atoms with Crippen molar-refractivity contribution in [2.24, 2.45) is 0 Å². The summed E-state index contributed by atoms with van der Waals surface area (Å²) in [5.74, 6) is 1.33. The van der Waals surface area contributed by atoms with E-state index in [2.05, 4.69) is 35.1 Å². The molecule has 5 heteroatoms. The second kappa shape index (κ2) is 7.59. The number of hydrogen-bond acceptors (Lipinski definition) is 4. The summed E-state index contributed by atoms with van der Waals surface area (Å²) in [4.78, 5) is 6.77. The molecule has 0 fully saturated rings. The molecule has 1 aliphatic heterocycles. The lowest BCUT2D eigenvalue weighted by Crippen LogP contribution is -2.18. The first-order valence-electron chi connectivity index (χ1n) is 9.05. The van der Waals surface area contributed by atoms with E-state index in [0.717, 1.165) is 36.5 Å². The van der Waals surface area contributed by atoms with Crippen molar-refractivity contribution in [3.63, 3.8) is 0 Å². The van der Waals surface area contributed by atoms with E-state index >= 15 is 0 Å². The van der Waals surface area contributed by atoms with Crippen molar-refractivity contribution >= 4 is 17.4 Å². The van der Waals surface area contributed by atoms with Gasteiger partial charge in [0.15, 0.2) is 0 Å². The quantitative estimate of drug-likeness (QED) is 0.700. The molecule has 2 N–H and O–H groups in total. The van der Waals surface area contributed by atoms with E-state index in [-0.39, 0.29) is 6.10 Å². The minimum atomic E-state index is -0.00808. The van der Waals surface area contributed by atoms with Gasteiger partial charge in [0.1, 0.15) is 17.7 Å². The van der Waals surface area contributed by atoms with Gasteiger partial charge in [-0.05, 0) is 54.6 Å². The molecule has 3 aromatic rings. The van der Waals surface area contributed by atoms with E-state index < -0.39 is 0 Å². The molecule has 4 nitrogen and oxygen atoms in total. The number of benzene rings is 2. The summed E-state index contributed by atoms with van der Waals surface area (Å²) in [5, 5.41) is 0.682. The third-order valence-corrected chi connectivity index (χ3v) is 5.08. The van der Waals surface area contributed by atoms with Crippen LogP contribution in [-0.2, 0) is 6.54 Å². The molecule has 138 valence electrons. The van der Waals surface area contributed by atoms with Gasteiger partial charge in [0.2, 0.25) is 0 Å². The Balaban J connectivity index is 1.69. The Morgan fingerprint density at radius 3 is 2.78 bits per heavy atom. The number of ether oxygens (including phenoxy) is 1. The fraction of sp³-hybridized carbons (Fsp3) is 0.227. The van der Waals surface area contributed by atoms with E-state index in [0.29, 0.717) is 10.8 Å². The third kappa shape index (κ3) is 4.07. The maximum atomic E-state index is 6.31. The first-order valence-corrected chi connectivity index (χ1v) is 9.43. The SMILES string of the molecule is CN1CCC(Oc2cccc(Cl)c2)c2ccc(-c3cccc(N)n3)cc2C1. The molecule has 0 radical (unpaired) electrons. The van der Waals surface area contributed by atoms with Crippen LogP contribution < -0.4 is 10.5 Å². The minimum Gasteiger partial charge on any atom is -0.486 e. The number of halogens is 1. The van der Waals surface area contributed by atoms with Crippen molar-refractivity contribution in [2.75, 3.05) is 19.3 Å². The summed E-state index contributed by atoms with van der Waals surface area (Å²) in [6, 6.07) is 19.8. The first kappa shape index (κ1) is 17.8. The zero-order valence-electron chi connectivity index (χ0n) is 15.2. The Morgan fingerprint density at radius 2 is 1.96 bits per heavy atom. The molecule has 2 aromatic carbocycles. The number of nitrogen functional groups attached to an aromatic ring is 1. The van der Waals surface area contributed by atoms with Crippen LogP contribution in [0, 0.1) is 0 Å². The molecule has 2 heterocycles. The van der Waals surface area contributed by atoms with Gasteiger partial charge < -0.3 is 15.4 Å². The van der Waals surface area contributed by atoms with Gasteiger partial charge in [0, 0.05) is 30.1 Å². The lowest BCUT2D eigenvalue weighted by atomic mass is 9.97. The number of fused-ring (bicyclic) bond motifs is 1. The molecule has 0 spiro atoms. The summed E-state index contributed by atoms with van der Waals surface area (Å²) in [6.45, 7) is 1.84. The monoisotopic (exact) mass is 379 g/mol. The third-order valence-electron chi connectivity index (χ3n) is 4.84. The zero-order valence-corrected chi connectivity index (χ0v) is 16.0. The topological polar surface area (TPSA) is 51.4 Å². The first-order chi connectivity index (χ1) is 13.1. The molecule has 4 rings (SSSR count). The maximum Gasteiger partial charge on any atom is 0.125 e. The molecule has 0 saturated heterocycles. The standard InChI is InChI=1S/C22H22ClN3O/c1-26-11-10-21(27-18-5-2-4-17(23)13-18)19-9-8-15(12-16(19)14-26)20-6-3-7-22(24)25-20/h2-9,12-13,21H,10-11,14H2,1H3,(H2,24,25). The number of nitrogens with two attached hydrogens (primary N) is 1. The minimum absolute atomic E-state index is 0.00808. The maximum absolute atomic E-state index is 6.31. The number of nitrogens with zero attached hydrogens (tertiary/aromatic N) is 2. The van der Waals surface area contributed by atoms with Gasteiger partial charge in [-0.15, -0.1) is 0 Å². The predicted octanol–water partition coefficient (Wildman–Crippen LogP) is 4.94. The van der Waals surface area contributed by atoms with Gasteiger partial charge in [-0.2, -0.15) is 0 Å². The summed E-state index contributed by atoms with van der Waals surface area (Å²) in [5.41, 5.74) is 10.3. The molecule has 0 aliphatic carbocycles. The van der Waals surface area contributed by atoms with Crippen LogP contribution in [0.1, 0.15) is 23.7 Å². The Hall–Kier alpha value is -2.56. The summed E-state index contributed by atoms with van der Waals surface area (Å²) >= 11 is 6.11. The molecule has 27 heavy (non-hydrogen) atoms. The van der Waals surface area contributed by atoms with E-state index in [1.165, 1.54) is 11.1 Å². The smallest absolute Gasteiger partial charge is 0.125 e. The van der Waals surface area contributed by atoms with Gasteiger partial charge in [-0.3, -0.25) is 0 Å². The molecule has 1 aromatic heterocycles. The predicted molar refractivity (Wildman–Crippen MR) is 110 cm³/mol. The summed E-state index contributed by atoms with van der Waals surface area (Å²) in [6.07, 6.45) is 0.914. The molecule has 1 atom stereocenters. The zero-order chi connectivity index (χ0) is 18.8. The van der Waals surface area contributed by atoms with Crippen LogP contribution in [0.15, 0.2) is 60.7 Å². The second-order valence-corrected chi connectivity index (χ2v) is 7.39. The lowest BCUT2D eigenvalue weighted by molar-refractivity contribution is 0.182. The average molecular weight is 380 g/mol. The number of hydrogen-bond donors (Lipinski definition) is 1. The van der Waals surface area contributed by atoms with E-state index in [4.69, 9.17) is 22.1 Å². The molecule has 0 bridgehead atoms. The number of pyridine rings is 1. The van der Waals surface area contributed by atoms with E-state index in [1.807, 2.05) is 36.4 Å². The van der Waals surface area contributed by atoms with Crippen molar-refractivity contribution in [2.45, 2.75) is 19.1 Å². The van der Waals surface area contributed by atoms with Crippen LogP contribution in [0.5, 0.6) is 5.75 Å². The van der Waals surface area contributed by atoms with Gasteiger partial charge in [-0.25, -0.2) is 4.98 Å². The van der Waals surface area contributed by atoms with Crippen LogP contribution in [0.2, 0.25) is 5.02 Å². The molecule has 1 unspecified atom stereocenters. The Morgan fingerprint density at radius 1 is 1.11 bits per heavy atom. The number of aromatic nitrogens is 1. The molecule has 0 saturated carbocycles. The molecular weight excluding hydrogens is 358 g/mol. The van der Waals surface area contributed by atoms with Crippen molar-refractivity contribution < 1.29 is 4.74 Å². The Kier molecular flexibility index (Phi) is 5.01. The largest absolute Gasteiger partial charge is 0.486 e. The number of rotatable bonds is 3. The highest BCUT2D eigenvalue weighted by Gasteiger charge is 2.23. The van der Waals surface area contributed by atoms with Crippen LogP contribution >= 0.6 is 11.6 Å². The van der Waals surface area contributed by atoms with Crippen molar-refractivity contribution in [1.82, 2.24) is 9.88 Å². The highest BCUT2D eigenvalue weighted by atomic mass is 35.5. The fourth-order valence-electron chi connectivity index (χ4n) is 3.52. The van der Waals surface area contributed by atoms with Crippen LogP contribution in [0.4, 0.5) is 5.82 Å². The fourth-order valence-corrected chi connectivity index (χ4v) is 3.70. The summed E-state index contributed by atoms with van der Waals surface area (Å²) in [7, 11) is 2.14. The van der Waals surface area contributed by atoms with Gasteiger partial charge in [0.25, 0.3) is 0 Å². The van der Waals surface area contributed by atoms with Gasteiger partial charge >= 0.3 is 0 Å². The molecule has 1 aliphatic rings. The van der Waals surface area contributed by atoms with Crippen molar-refractivity contribution in [3.8, 4) is 17.0 Å². The Bertz CT molecular complexity index is 960.